The van der Waals surface area contributed by atoms with Crippen LogP contribution in [0.25, 0.3) is 0 Å². The highest BCUT2D eigenvalue weighted by Gasteiger charge is 2.39. The minimum atomic E-state index is -0.561. The number of rotatable bonds is 4. The van der Waals surface area contributed by atoms with E-state index in [1.165, 1.54) is 5.56 Å². The SMILES string of the molecule is Cc1cccc(CN2CCC(c3ccc4c(c3)CN(C3CCC(=O)NC3=O)C4=O)CC2)n1. The van der Waals surface area contributed by atoms with Gasteiger partial charge in [-0.2, -0.15) is 0 Å². The number of hydrogen-bond acceptors (Lipinski definition) is 5. The fraction of sp³-hybridized carbons (Fsp3) is 0.440. The van der Waals surface area contributed by atoms with Crippen LogP contribution in [0.15, 0.2) is 36.4 Å². The van der Waals surface area contributed by atoms with Gasteiger partial charge in [0.15, 0.2) is 0 Å². The molecule has 2 saturated heterocycles. The number of hydrogen-bond donors (Lipinski definition) is 1. The lowest BCUT2D eigenvalue weighted by Crippen LogP contribution is -2.52. The van der Waals surface area contributed by atoms with E-state index in [2.05, 4.69) is 39.5 Å². The molecule has 1 N–H and O–H groups in total. The summed E-state index contributed by atoms with van der Waals surface area (Å²) < 4.78 is 0. The number of amides is 3. The lowest BCUT2D eigenvalue weighted by Gasteiger charge is -2.32. The first-order valence-electron chi connectivity index (χ1n) is 11.4. The molecule has 1 aromatic heterocycles. The van der Waals surface area contributed by atoms with Gasteiger partial charge in [-0.3, -0.25) is 29.6 Å². The van der Waals surface area contributed by atoms with Crippen molar-refractivity contribution in [3.05, 3.63) is 64.5 Å². The molecule has 5 rings (SSSR count). The predicted octanol–water partition coefficient (Wildman–Crippen LogP) is 2.53. The average Bonchev–Trinajstić information content (AvgIpc) is 3.10. The monoisotopic (exact) mass is 432 g/mol. The van der Waals surface area contributed by atoms with Crippen molar-refractivity contribution < 1.29 is 14.4 Å². The summed E-state index contributed by atoms with van der Waals surface area (Å²) in [7, 11) is 0. The zero-order valence-electron chi connectivity index (χ0n) is 18.3. The molecular formula is C25H28N4O3. The highest BCUT2D eigenvalue weighted by molar-refractivity contribution is 6.05. The van der Waals surface area contributed by atoms with Gasteiger partial charge in [-0.15, -0.1) is 0 Å². The molecule has 2 aromatic rings. The summed E-state index contributed by atoms with van der Waals surface area (Å²) in [4.78, 5) is 45.3. The van der Waals surface area contributed by atoms with Crippen molar-refractivity contribution in [2.45, 2.75) is 57.7 Å². The molecule has 4 heterocycles. The summed E-state index contributed by atoms with van der Waals surface area (Å²) in [5.41, 5.74) is 5.12. The smallest absolute Gasteiger partial charge is 0.255 e. The molecule has 7 heteroatoms. The van der Waals surface area contributed by atoms with Gasteiger partial charge in [0.2, 0.25) is 11.8 Å². The number of carbonyl (C=O) groups is 3. The van der Waals surface area contributed by atoms with Crippen molar-refractivity contribution in [3.8, 4) is 0 Å². The number of fused-ring (bicyclic) bond motifs is 1. The van der Waals surface area contributed by atoms with Crippen LogP contribution in [0.2, 0.25) is 0 Å². The third-order valence-corrected chi connectivity index (χ3v) is 6.94. The lowest BCUT2D eigenvalue weighted by atomic mass is 9.88. The van der Waals surface area contributed by atoms with E-state index in [1.54, 1.807) is 4.90 Å². The lowest BCUT2D eigenvalue weighted by molar-refractivity contribution is -0.136. The van der Waals surface area contributed by atoms with Crippen molar-refractivity contribution in [1.29, 1.82) is 0 Å². The highest BCUT2D eigenvalue weighted by Crippen LogP contribution is 2.33. The van der Waals surface area contributed by atoms with Crippen LogP contribution in [0.3, 0.4) is 0 Å². The summed E-state index contributed by atoms with van der Waals surface area (Å²) in [6.45, 7) is 5.40. The van der Waals surface area contributed by atoms with E-state index in [4.69, 9.17) is 0 Å². The Balaban J connectivity index is 1.23. The number of pyridine rings is 1. The molecule has 3 aliphatic rings. The normalized spacial score (nSPS) is 22.2. The molecule has 2 fully saturated rings. The molecule has 3 amide bonds. The number of imide groups is 1. The number of benzene rings is 1. The third kappa shape index (κ3) is 4.05. The zero-order valence-corrected chi connectivity index (χ0v) is 18.3. The molecule has 0 bridgehead atoms. The standard InChI is InChI=1S/C25H28N4O3/c1-16-3-2-4-20(26-16)15-28-11-9-17(10-12-28)18-5-6-21-19(13-18)14-29(25(21)32)22-7-8-23(30)27-24(22)31/h2-6,13,17,22H,7-12,14-15H2,1H3,(H,27,30,31). The second-order valence-electron chi connectivity index (χ2n) is 9.14. The summed E-state index contributed by atoms with van der Waals surface area (Å²) in [6.07, 6.45) is 2.83. The number of carbonyl (C=O) groups excluding carboxylic acids is 3. The topological polar surface area (TPSA) is 82.6 Å². The molecular weight excluding hydrogens is 404 g/mol. The first-order chi connectivity index (χ1) is 15.5. The van der Waals surface area contributed by atoms with E-state index in [0.29, 0.717) is 24.4 Å². The maximum Gasteiger partial charge on any atom is 0.255 e. The Hall–Kier alpha value is -3.06. The molecule has 1 unspecified atom stereocenters. The van der Waals surface area contributed by atoms with E-state index in [0.717, 1.165) is 49.4 Å². The van der Waals surface area contributed by atoms with Gasteiger partial charge in [-0.25, -0.2) is 0 Å². The highest BCUT2D eigenvalue weighted by atomic mass is 16.2. The van der Waals surface area contributed by atoms with Crippen LogP contribution in [0.1, 0.15) is 64.5 Å². The molecule has 3 aliphatic heterocycles. The van der Waals surface area contributed by atoms with E-state index in [1.807, 2.05) is 19.1 Å². The number of aromatic nitrogens is 1. The van der Waals surface area contributed by atoms with Gasteiger partial charge < -0.3 is 4.90 Å². The average molecular weight is 433 g/mol. The fourth-order valence-electron chi connectivity index (χ4n) is 5.19. The van der Waals surface area contributed by atoms with Crippen LogP contribution >= 0.6 is 0 Å². The second-order valence-corrected chi connectivity index (χ2v) is 9.14. The Bertz CT molecular complexity index is 1070. The number of piperidine rings is 2. The summed E-state index contributed by atoms with van der Waals surface area (Å²) in [6, 6.07) is 11.8. The molecule has 32 heavy (non-hydrogen) atoms. The molecule has 7 nitrogen and oxygen atoms in total. The minimum Gasteiger partial charge on any atom is -0.322 e. The maximum absolute atomic E-state index is 12.9. The number of nitrogens with one attached hydrogen (secondary N) is 1. The number of nitrogens with zero attached hydrogens (tertiary/aromatic N) is 3. The number of likely N-dealkylation sites (tertiary alicyclic amines) is 1. The van der Waals surface area contributed by atoms with Gasteiger partial charge in [0.05, 0.1) is 5.69 Å². The Morgan fingerprint density at radius 3 is 2.62 bits per heavy atom. The van der Waals surface area contributed by atoms with Crippen LogP contribution in [0, 0.1) is 6.92 Å². The van der Waals surface area contributed by atoms with Crippen LogP contribution in [-0.4, -0.2) is 51.6 Å². The Morgan fingerprint density at radius 2 is 1.88 bits per heavy atom. The molecule has 0 saturated carbocycles. The van der Waals surface area contributed by atoms with Crippen LogP contribution in [-0.2, 0) is 22.7 Å². The molecule has 166 valence electrons. The molecule has 0 aliphatic carbocycles. The molecule has 0 radical (unpaired) electrons. The largest absolute Gasteiger partial charge is 0.322 e. The third-order valence-electron chi connectivity index (χ3n) is 6.94. The summed E-state index contributed by atoms with van der Waals surface area (Å²) >= 11 is 0. The van der Waals surface area contributed by atoms with Gasteiger partial charge >= 0.3 is 0 Å². The van der Waals surface area contributed by atoms with E-state index in [9.17, 15) is 14.4 Å². The zero-order chi connectivity index (χ0) is 22.2. The maximum atomic E-state index is 12.9. The Morgan fingerprint density at radius 1 is 1.06 bits per heavy atom. The Labute approximate surface area is 187 Å². The minimum absolute atomic E-state index is 0.110. The van der Waals surface area contributed by atoms with Crippen LogP contribution in [0.4, 0.5) is 0 Å². The first-order valence-corrected chi connectivity index (χ1v) is 11.4. The quantitative estimate of drug-likeness (QED) is 0.751. The molecule has 1 atom stereocenters. The van der Waals surface area contributed by atoms with E-state index in [-0.39, 0.29) is 24.1 Å². The summed E-state index contributed by atoms with van der Waals surface area (Å²) in [5, 5.41) is 2.36. The van der Waals surface area contributed by atoms with Gasteiger partial charge in [-0.05, 0) is 74.5 Å². The van der Waals surface area contributed by atoms with Gasteiger partial charge in [0.1, 0.15) is 6.04 Å². The fourth-order valence-corrected chi connectivity index (χ4v) is 5.19. The van der Waals surface area contributed by atoms with Crippen molar-refractivity contribution in [3.63, 3.8) is 0 Å². The van der Waals surface area contributed by atoms with Crippen molar-refractivity contribution in [2.24, 2.45) is 0 Å². The van der Waals surface area contributed by atoms with Crippen molar-refractivity contribution in [1.82, 2.24) is 20.1 Å². The molecule has 0 spiro atoms. The Kier molecular flexibility index (Phi) is 5.51. The van der Waals surface area contributed by atoms with E-state index >= 15 is 0 Å². The molecule has 1 aromatic carbocycles. The predicted molar refractivity (Wildman–Crippen MR) is 119 cm³/mol. The summed E-state index contributed by atoms with van der Waals surface area (Å²) in [5.74, 6) is -0.261. The van der Waals surface area contributed by atoms with Gasteiger partial charge in [0, 0.05) is 30.8 Å². The van der Waals surface area contributed by atoms with Crippen molar-refractivity contribution >= 4 is 17.7 Å². The van der Waals surface area contributed by atoms with Crippen LogP contribution < -0.4 is 5.32 Å². The van der Waals surface area contributed by atoms with E-state index < -0.39 is 6.04 Å². The second kappa shape index (κ2) is 8.47. The van der Waals surface area contributed by atoms with Crippen molar-refractivity contribution in [2.75, 3.05) is 13.1 Å². The van der Waals surface area contributed by atoms with Crippen LogP contribution in [0.5, 0.6) is 0 Å². The van der Waals surface area contributed by atoms with Gasteiger partial charge in [0.25, 0.3) is 5.91 Å². The number of aryl methyl sites for hydroxylation is 1. The van der Waals surface area contributed by atoms with Gasteiger partial charge in [-0.1, -0.05) is 18.2 Å². The first kappa shape index (κ1) is 20.8.